The molecule has 2 heterocycles. The zero-order chi connectivity index (χ0) is 11.5. The molecule has 0 saturated carbocycles. The summed E-state index contributed by atoms with van der Waals surface area (Å²) in [6.45, 7) is 4.01. The standard InChI is InChI=1S/C11H17N3OS/c1-8-4-2-3-5-14(8)7-9-6-12-11(16)13-10(9)15/h6,8H,2-5,7H2,1H3,(H2,12,13,15,16). The average Bonchev–Trinajstić information content (AvgIpc) is 2.25. The molecule has 1 aromatic rings. The number of hydrogen-bond donors (Lipinski definition) is 2. The maximum absolute atomic E-state index is 11.7. The number of rotatable bonds is 2. The first-order chi connectivity index (χ1) is 7.66. The Bertz CT molecular complexity index is 465. The monoisotopic (exact) mass is 239 g/mol. The van der Waals surface area contributed by atoms with Crippen LogP contribution in [0.1, 0.15) is 31.7 Å². The van der Waals surface area contributed by atoms with E-state index in [1.807, 2.05) is 0 Å². The van der Waals surface area contributed by atoms with E-state index >= 15 is 0 Å². The Kier molecular flexibility index (Phi) is 3.56. The van der Waals surface area contributed by atoms with Crippen molar-refractivity contribution in [3.05, 3.63) is 26.9 Å². The van der Waals surface area contributed by atoms with Crippen LogP contribution in [0.15, 0.2) is 11.0 Å². The summed E-state index contributed by atoms with van der Waals surface area (Å²) in [4.78, 5) is 19.5. The number of aromatic amines is 2. The lowest BCUT2D eigenvalue weighted by Gasteiger charge is -2.32. The van der Waals surface area contributed by atoms with E-state index in [0.29, 0.717) is 17.4 Å². The third-order valence-electron chi connectivity index (χ3n) is 3.21. The fourth-order valence-corrected chi connectivity index (χ4v) is 2.32. The van der Waals surface area contributed by atoms with Crippen LogP contribution >= 0.6 is 12.2 Å². The third kappa shape index (κ3) is 2.59. The highest BCUT2D eigenvalue weighted by Crippen LogP contribution is 2.17. The molecule has 0 spiro atoms. The van der Waals surface area contributed by atoms with Crippen LogP contribution in [-0.2, 0) is 6.54 Å². The van der Waals surface area contributed by atoms with Crippen molar-refractivity contribution in [2.75, 3.05) is 6.54 Å². The van der Waals surface area contributed by atoms with E-state index in [2.05, 4.69) is 21.8 Å². The van der Waals surface area contributed by atoms with Crippen molar-refractivity contribution in [2.45, 2.75) is 38.8 Å². The minimum Gasteiger partial charge on any atom is -0.338 e. The first-order valence-electron chi connectivity index (χ1n) is 5.72. The van der Waals surface area contributed by atoms with Crippen LogP contribution in [0, 0.1) is 4.77 Å². The fourth-order valence-electron chi connectivity index (χ4n) is 2.17. The minimum absolute atomic E-state index is 0.0680. The molecule has 0 bridgehead atoms. The molecular weight excluding hydrogens is 222 g/mol. The molecule has 0 aromatic carbocycles. The van der Waals surface area contributed by atoms with Gasteiger partial charge in [-0.3, -0.25) is 14.7 Å². The van der Waals surface area contributed by atoms with Gasteiger partial charge in [-0.15, -0.1) is 0 Å². The van der Waals surface area contributed by atoms with Gasteiger partial charge in [-0.05, 0) is 38.5 Å². The van der Waals surface area contributed by atoms with Gasteiger partial charge in [0.15, 0.2) is 4.77 Å². The van der Waals surface area contributed by atoms with E-state index in [9.17, 15) is 4.79 Å². The molecular formula is C11H17N3OS. The molecule has 1 unspecified atom stereocenters. The number of nitrogens with zero attached hydrogens (tertiary/aromatic N) is 1. The second-order valence-electron chi connectivity index (χ2n) is 4.41. The van der Waals surface area contributed by atoms with Crippen LogP contribution in [0.2, 0.25) is 0 Å². The molecule has 1 atom stereocenters. The molecule has 1 aliphatic rings. The number of likely N-dealkylation sites (tertiary alicyclic amines) is 1. The lowest BCUT2D eigenvalue weighted by atomic mass is 10.0. The van der Waals surface area contributed by atoms with E-state index in [4.69, 9.17) is 12.2 Å². The molecule has 4 nitrogen and oxygen atoms in total. The van der Waals surface area contributed by atoms with Crippen molar-refractivity contribution in [1.29, 1.82) is 0 Å². The highest BCUT2D eigenvalue weighted by Gasteiger charge is 2.18. The summed E-state index contributed by atoms with van der Waals surface area (Å²) in [5, 5.41) is 0. The van der Waals surface area contributed by atoms with Crippen molar-refractivity contribution in [2.24, 2.45) is 0 Å². The first kappa shape index (κ1) is 11.5. The molecule has 16 heavy (non-hydrogen) atoms. The van der Waals surface area contributed by atoms with Gasteiger partial charge in [0.25, 0.3) is 5.56 Å². The van der Waals surface area contributed by atoms with Gasteiger partial charge < -0.3 is 4.98 Å². The average molecular weight is 239 g/mol. The molecule has 1 aromatic heterocycles. The molecule has 1 fully saturated rings. The SMILES string of the molecule is CC1CCCCN1Cc1c[nH]c(=S)[nH]c1=O. The summed E-state index contributed by atoms with van der Waals surface area (Å²) in [7, 11) is 0. The third-order valence-corrected chi connectivity index (χ3v) is 3.43. The van der Waals surface area contributed by atoms with Gasteiger partial charge in [-0.1, -0.05) is 6.42 Å². The number of aromatic nitrogens is 2. The van der Waals surface area contributed by atoms with Crippen molar-refractivity contribution < 1.29 is 0 Å². The van der Waals surface area contributed by atoms with Crippen LogP contribution in [-0.4, -0.2) is 27.5 Å². The normalized spacial score (nSPS) is 22.2. The van der Waals surface area contributed by atoms with E-state index in [1.165, 1.54) is 19.3 Å². The van der Waals surface area contributed by atoms with Crippen LogP contribution in [0.3, 0.4) is 0 Å². The summed E-state index contributed by atoms with van der Waals surface area (Å²) in [5.74, 6) is 0. The van der Waals surface area contributed by atoms with Crippen molar-refractivity contribution in [1.82, 2.24) is 14.9 Å². The molecule has 88 valence electrons. The smallest absolute Gasteiger partial charge is 0.256 e. The Labute approximate surface area is 99.7 Å². The minimum atomic E-state index is -0.0680. The topological polar surface area (TPSA) is 51.9 Å². The second kappa shape index (κ2) is 4.93. The largest absolute Gasteiger partial charge is 0.338 e. The highest BCUT2D eigenvalue weighted by molar-refractivity contribution is 7.71. The summed E-state index contributed by atoms with van der Waals surface area (Å²) < 4.78 is 0.389. The highest BCUT2D eigenvalue weighted by atomic mass is 32.1. The van der Waals surface area contributed by atoms with Crippen LogP contribution in [0.25, 0.3) is 0 Å². The quantitative estimate of drug-likeness (QED) is 0.774. The fraction of sp³-hybridized carbons (Fsp3) is 0.636. The van der Waals surface area contributed by atoms with Crippen molar-refractivity contribution in [3.63, 3.8) is 0 Å². The Morgan fingerprint density at radius 1 is 1.56 bits per heavy atom. The van der Waals surface area contributed by atoms with Gasteiger partial charge in [0.05, 0.1) is 0 Å². The molecule has 1 aliphatic heterocycles. The summed E-state index contributed by atoms with van der Waals surface area (Å²) in [6.07, 6.45) is 5.47. The Hall–Kier alpha value is -0.940. The molecule has 0 radical (unpaired) electrons. The van der Waals surface area contributed by atoms with Gasteiger partial charge in [0.2, 0.25) is 0 Å². The van der Waals surface area contributed by atoms with E-state index in [1.54, 1.807) is 6.20 Å². The lowest BCUT2D eigenvalue weighted by Crippen LogP contribution is -2.38. The van der Waals surface area contributed by atoms with E-state index in [-0.39, 0.29) is 5.56 Å². The second-order valence-corrected chi connectivity index (χ2v) is 4.82. The Balaban J connectivity index is 2.14. The maximum Gasteiger partial charge on any atom is 0.256 e. The van der Waals surface area contributed by atoms with Gasteiger partial charge in [-0.25, -0.2) is 0 Å². The molecule has 5 heteroatoms. The van der Waals surface area contributed by atoms with Crippen LogP contribution < -0.4 is 5.56 Å². The summed E-state index contributed by atoms with van der Waals surface area (Å²) in [5.41, 5.74) is 0.698. The number of hydrogen-bond acceptors (Lipinski definition) is 3. The van der Waals surface area contributed by atoms with Crippen LogP contribution in [0.4, 0.5) is 0 Å². The molecule has 2 N–H and O–H groups in total. The van der Waals surface area contributed by atoms with Gasteiger partial charge >= 0.3 is 0 Å². The van der Waals surface area contributed by atoms with E-state index < -0.39 is 0 Å². The Morgan fingerprint density at radius 2 is 2.38 bits per heavy atom. The molecule has 0 aliphatic carbocycles. The molecule has 2 rings (SSSR count). The summed E-state index contributed by atoms with van der Waals surface area (Å²) >= 11 is 4.86. The van der Waals surface area contributed by atoms with Crippen molar-refractivity contribution >= 4 is 12.2 Å². The van der Waals surface area contributed by atoms with E-state index in [0.717, 1.165) is 12.1 Å². The lowest BCUT2D eigenvalue weighted by molar-refractivity contribution is 0.152. The maximum atomic E-state index is 11.7. The van der Waals surface area contributed by atoms with Crippen LogP contribution in [0.5, 0.6) is 0 Å². The predicted molar refractivity (Wildman–Crippen MR) is 66.0 cm³/mol. The molecule has 1 saturated heterocycles. The van der Waals surface area contributed by atoms with Gasteiger partial charge in [0, 0.05) is 24.3 Å². The van der Waals surface area contributed by atoms with Gasteiger partial charge in [0.1, 0.15) is 0 Å². The Morgan fingerprint density at radius 3 is 3.06 bits per heavy atom. The van der Waals surface area contributed by atoms with Crippen molar-refractivity contribution in [3.8, 4) is 0 Å². The first-order valence-corrected chi connectivity index (χ1v) is 6.12. The molecule has 0 amide bonds. The summed E-state index contributed by atoms with van der Waals surface area (Å²) in [6, 6.07) is 0.566. The zero-order valence-corrected chi connectivity index (χ0v) is 10.3. The predicted octanol–water partition coefficient (Wildman–Crippen LogP) is 1.81. The number of H-pyrrole nitrogens is 2. The zero-order valence-electron chi connectivity index (χ0n) is 9.45. The number of nitrogens with one attached hydrogen (secondary N) is 2. The van der Waals surface area contributed by atoms with Gasteiger partial charge in [-0.2, -0.15) is 0 Å². The number of piperidine rings is 1.